The van der Waals surface area contributed by atoms with E-state index in [-0.39, 0.29) is 40.8 Å². The fourth-order valence-electron chi connectivity index (χ4n) is 4.53. The van der Waals surface area contributed by atoms with Crippen molar-refractivity contribution >= 4 is 21.4 Å². The SMILES string of the molecule is CC1(C)CC(Nc2ccc(S(=O)(=O)N3CCOCC3)cc2[N+](=O)[O-])CC(C)(C)N1. The van der Waals surface area contributed by atoms with Crippen LogP contribution in [0.1, 0.15) is 40.5 Å². The van der Waals surface area contributed by atoms with Gasteiger partial charge in [-0.05, 0) is 52.7 Å². The van der Waals surface area contributed by atoms with Gasteiger partial charge in [-0.1, -0.05) is 0 Å². The van der Waals surface area contributed by atoms with Gasteiger partial charge >= 0.3 is 0 Å². The number of nitrogens with zero attached hydrogens (tertiary/aromatic N) is 2. The third-order valence-electron chi connectivity index (χ3n) is 5.32. The smallest absolute Gasteiger partial charge is 0.293 e. The Morgan fingerprint density at radius 3 is 2.31 bits per heavy atom. The van der Waals surface area contributed by atoms with Gasteiger partial charge in [-0.15, -0.1) is 0 Å². The lowest BCUT2D eigenvalue weighted by Gasteiger charge is -2.46. The number of benzene rings is 1. The van der Waals surface area contributed by atoms with Crippen molar-refractivity contribution in [3.63, 3.8) is 0 Å². The monoisotopic (exact) mass is 426 g/mol. The fraction of sp³-hybridized carbons (Fsp3) is 0.684. The number of ether oxygens (including phenoxy) is 1. The predicted octanol–water partition coefficient (Wildman–Crippen LogP) is 2.34. The molecule has 1 aromatic rings. The van der Waals surface area contributed by atoms with Crippen molar-refractivity contribution in [2.45, 2.75) is 62.6 Å². The van der Waals surface area contributed by atoms with Crippen LogP contribution in [0.15, 0.2) is 23.1 Å². The van der Waals surface area contributed by atoms with E-state index in [2.05, 4.69) is 38.3 Å². The summed E-state index contributed by atoms with van der Waals surface area (Å²) in [7, 11) is -3.79. The summed E-state index contributed by atoms with van der Waals surface area (Å²) >= 11 is 0. The molecule has 29 heavy (non-hydrogen) atoms. The highest BCUT2D eigenvalue weighted by molar-refractivity contribution is 7.89. The summed E-state index contributed by atoms with van der Waals surface area (Å²) in [6.07, 6.45) is 1.59. The zero-order valence-electron chi connectivity index (χ0n) is 17.4. The quantitative estimate of drug-likeness (QED) is 0.549. The van der Waals surface area contributed by atoms with Crippen molar-refractivity contribution in [1.82, 2.24) is 9.62 Å². The molecule has 2 fully saturated rings. The highest BCUT2D eigenvalue weighted by atomic mass is 32.2. The van der Waals surface area contributed by atoms with Crippen molar-refractivity contribution in [2.24, 2.45) is 0 Å². The van der Waals surface area contributed by atoms with Crippen LogP contribution in [0.2, 0.25) is 0 Å². The Balaban J connectivity index is 1.88. The van der Waals surface area contributed by atoms with Crippen molar-refractivity contribution in [3.8, 4) is 0 Å². The molecule has 0 spiro atoms. The maximum Gasteiger partial charge on any atom is 0.293 e. The van der Waals surface area contributed by atoms with Crippen LogP contribution >= 0.6 is 0 Å². The number of hydrogen-bond acceptors (Lipinski definition) is 7. The minimum Gasteiger partial charge on any atom is -0.379 e. The molecule has 0 saturated carbocycles. The zero-order valence-corrected chi connectivity index (χ0v) is 18.2. The summed E-state index contributed by atoms with van der Waals surface area (Å²) in [6, 6.07) is 4.14. The standard InChI is InChI=1S/C19H30N4O5S/c1-18(2)12-14(13-19(3,4)21-18)20-16-6-5-15(11-17(16)23(24)25)29(26,27)22-7-9-28-10-8-22/h5-6,11,14,20-21H,7-10,12-13H2,1-4H3. The first-order valence-corrected chi connectivity index (χ1v) is 11.3. The summed E-state index contributed by atoms with van der Waals surface area (Å²) in [6.45, 7) is 9.56. The second kappa shape index (κ2) is 7.82. The van der Waals surface area contributed by atoms with Gasteiger partial charge in [0.2, 0.25) is 10.0 Å². The predicted molar refractivity (Wildman–Crippen MR) is 111 cm³/mol. The van der Waals surface area contributed by atoms with E-state index < -0.39 is 14.9 Å². The summed E-state index contributed by atoms with van der Waals surface area (Å²) in [5.74, 6) is 0. The topological polar surface area (TPSA) is 114 Å². The Hall–Kier alpha value is -1.75. The average molecular weight is 427 g/mol. The molecular formula is C19H30N4O5S. The van der Waals surface area contributed by atoms with Crippen molar-refractivity contribution < 1.29 is 18.1 Å². The van der Waals surface area contributed by atoms with E-state index >= 15 is 0 Å². The molecule has 2 aliphatic rings. The van der Waals surface area contributed by atoms with Gasteiger partial charge in [-0.3, -0.25) is 10.1 Å². The van der Waals surface area contributed by atoms with Gasteiger partial charge < -0.3 is 15.4 Å². The second-order valence-corrected chi connectivity index (χ2v) is 11.0. The van der Waals surface area contributed by atoms with E-state index in [0.29, 0.717) is 18.9 Å². The third kappa shape index (κ3) is 5.06. The molecule has 0 unspecified atom stereocenters. The van der Waals surface area contributed by atoms with E-state index in [1.165, 1.54) is 16.4 Å². The molecule has 0 atom stereocenters. The molecule has 2 N–H and O–H groups in total. The Bertz CT molecular complexity index is 863. The maximum atomic E-state index is 12.9. The number of morpholine rings is 1. The van der Waals surface area contributed by atoms with Crippen LogP contribution in [0.3, 0.4) is 0 Å². The number of hydrogen-bond donors (Lipinski definition) is 2. The first-order chi connectivity index (χ1) is 13.4. The summed E-state index contributed by atoms with van der Waals surface area (Å²) in [4.78, 5) is 11.1. The lowest BCUT2D eigenvalue weighted by Crippen LogP contribution is -2.60. The minimum atomic E-state index is -3.79. The molecule has 0 aromatic heterocycles. The second-order valence-electron chi connectivity index (χ2n) is 9.09. The number of nitrogens with one attached hydrogen (secondary N) is 2. The van der Waals surface area contributed by atoms with Crippen LogP contribution in [-0.2, 0) is 14.8 Å². The maximum absolute atomic E-state index is 12.9. The minimum absolute atomic E-state index is 0.0293. The summed E-state index contributed by atoms with van der Waals surface area (Å²) in [5.41, 5.74) is -0.121. The molecule has 0 radical (unpaired) electrons. The molecule has 0 aliphatic carbocycles. The fourth-order valence-corrected chi connectivity index (χ4v) is 5.95. The largest absolute Gasteiger partial charge is 0.379 e. The van der Waals surface area contributed by atoms with E-state index in [1.54, 1.807) is 0 Å². The number of nitro benzene ring substituents is 1. The van der Waals surface area contributed by atoms with Gasteiger partial charge in [0.25, 0.3) is 5.69 Å². The van der Waals surface area contributed by atoms with Crippen molar-refractivity contribution in [2.75, 3.05) is 31.6 Å². The first-order valence-electron chi connectivity index (χ1n) is 9.82. The molecule has 9 nitrogen and oxygen atoms in total. The Labute approximate surface area is 172 Å². The molecular weight excluding hydrogens is 396 g/mol. The number of rotatable bonds is 5. The van der Waals surface area contributed by atoms with E-state index in [0.717, 1.165) is 18.9 Å². The van der Waals surface area contributed by atoms with E-state index in [9.17, 15) is 18.5 Å². The summed E-state index contributed by atoms with van der Waals surface area (Å²) < 4.78 is 32.2. The molecule has 3 rings (SSSR count). The molecule has 2 saturated heterocycles. The van der Waals surface area contributed by atoms with E-state index in [1.807, 2.05) is 0 Å². The van der Waals surface area contributed by atoms with Crippen LogP contribution in [0, 0.1) is 10.1 Å². The highest BCUT2D eigenvalue weighted by Gasteiger charge is 2.38. The molecule has 1 aromatic carbocycles. The van der Waals surface area contributed by atoms with Gasteiger partial charge in [0.05, 0.1) is 23.0 Å². The van der Waals surface area contributed by atoms with Crippen LogP contribution in [0.25, 0.3) is 0 Å². The van der Waals surface area contributed by atoms with Crippen LogP contribution in [-0.4, -0.2) is 61.1 Å². The average Bonchev–Trinajstić information content (AvgIpc) is 2.59. The highest BCUT2D eigenvalue weighted by Crippen LogP contribution is 2.34. The molecule has 0 amide bonds. The van der Waals surface area contributed by atoms with Gasteiger partial charge in [0, 0.05) is 36.3 Å². The molecule has 2 heterocycles. The van der Waals surface area contributed by atoms with Gasteiger partial charge in [0.15, 0.2) is 0 Å². The third-order valence-corrected chi connectivity index (χ3v) is 7.22. The Morgan fingerprint density at radius 1 is 1.17 bits per heavy atom. The normalized spacial score (nSPS) is 22.9. The van der Waals surface area contributed by atoms with Crippen LogP contribution in [0.5, 0.6) is 0 Å². The molecule has 2 aliphatic heterocycles. The Kier molecular flexibility index (Phi) is 5.92. The van der Waals surface area contributed by atoms with Gasteiger partial charge in [0.1, 0.15) is 5.69 Å². The molecule has 10 heteroatoms. The summed E-state index contributed by atoms with van der Waals surface area (Å²) in [5, 5.41) is 18.6. The van der Waals surface area contributed by atoms with Crippen LogP contribution < -0.4 is 10.6 Å². The first kappa shape index (κ1) is 21.9. The van der Waals surface area contributed by atoms with Crippen molar-refractivity contribution in [1.29, 1.82) is 0 Å². The zero-order chi connectivity index (χ0) is 21.4. The number of anilines is 1. The number of piperidine rings is 1. The lowest BCUT2D eigenvalue weighted by atomic mass is 9.79. The number of sulfonamides is 1. The van der Waals surface area contributed by atoms with Crippen molar-refractivity contribution in [3.05, 3.63) is 28.3 Å². The molecule has 162 valence electrons. The number of nitro groups is 1. The van der Waals surface area contributed by atoms with E-state index in [4.69, 9.17) is 4.74 Å². The van der Waals surface area contributed by atoms with Gasteiger partial charge in [-0.25, -0.2) is 8.42 Å². The molecule has 0 bridgehead atoms. The van der Waals surface area contributed by atoms with Crippen LogP contribution in [0.4, 0.5) is 11.4 Å². The Morgan fingerprint density at radius 2 is 1.76 bits per heavy atom. The lowest BCUT2D eigenvalue weighted by molar-refractivity contribution is -0.384. The van der Waals surface area contributed by atoms with Gasteiger partial charge in [-0.2, -0.15) is 4.31 Å².